The van der Waals surface area contributed by atoms with Gasteiger partial charge in [0, 0.05) is 12.4 Å². The summed E-state index contributed by atoms with van der Waals surface area (Å²) < 4.78 is 0. The van der Waals surface area contributed by atoms with Gasteiger partial charge in [-0.1, -0.05) is 13.2 Å². The number of hydrogen-bond donors (Lipinski definition) is 1. The lowest BCUT2D eigenvalue weighted by atomic mass is 10.3. The van der Waals surface area contributed by atoms with Crippen LogP contribution in [0.25, 0.3) is 0 Å². The predicted molar refractivity (Wildman–Crippen MR) is 68.5 cm³/mol. The number of rotatable bonds is 2. The van der Waals surface area contributed by atoms with Crippen LogP contribution in [0.5, 0.6) is 0 Å². The van der Waals surface area contributed by atoms with E-state index in [9.17, 15) is 9.59 Å². The zero-order valence-electron chi connectivity index (χ0n) is 10.1. The Hall–Kier alpha value is -2.37. The maximum Gasteiger partial charge on any atom is 0.344 e. The minimum atomic E-state index is -0.303. The van der Waals surface area contributed by atoms with Gasteiger partial charge in [0.2, 0.25) is 0 Å². The quantitative estimate of drug-likeness (QED) is 0.809. The summed E-state index contributed by atoms with van der Waals surface area (Å²) in [5.74, 6) is 0.205. The lowest BCUT2D eigenvalue weighted by molar-refractivity contribution is -0.123. The fourth-order valence-corrected chi connectivity index (χ4v) is 1.39. The van der Waals surface area contributed by atoms with E-state index in [1.807, 2.05) is 9.80 Å². The summed E-state index contributed by atoms with van der Waals surface area (Å²) in [6.45, 7) is 8.88. The van der Waals surface area contributed by atoms with E-state index in [0.29, 0.717) is 13.1 Å². The van der Waals surface area contributed by atoms with Crippen LogP contribution in [0.2, 0.25) is 0 Å². The van der Waals surface area contributed by atoms with Crippen LogP contribution < -0.4 is 5.69 Å². The molecule has 2 heterocycles. The van der Waals surface area contributed by atoms with Gasteiger partial charge < -0.3 is 14.8 Å². The highest BCUT2D eigenvalue weighted by atomic mass is 16.1. The molecule has 1 fully saturated rings. The van der Waals surface area contributed by atoms with Crippen LogP contribution >= 0.6 is 0 Å². The smallest absolute Gasteiger partial charge is 0.344 e. The second-order valence-electron chi connectivity index (χ2n) is 3.63. The molecular weight excluding hydrogens is 232 g/mol. The van der Waals surface area contributed by atoms with Crippen molar-refractivity contribution in [3.63, 3.8) is 0 Å². The molecule has 1 saturated heterocycles. The topological polar surface area (TPSA) is 69.3 Å². The van der Waals surface area contributed by atoms with E-state index in [4.69, 9.17) is 0 Å². The zero-order valence-corrected chi connectivity index (χ0v) is 10.1. The van der Waals surface area contributed by atoms with Crippen LogP contribution in [0, 0.1) is 0 Å². The molecule has 0 saturated carbocycles. The van der Waals surface area contributed by atoms with Gasteiger partial charge in [-0.3, -0.25) is 4.79 Å². The van der Waals surface area contributed by atoms with E-state index < -0.39 is 0 Å². The molecule has 0 atom stereocenters. The first-order valence-corrected chi connectivity index (χ1v) is 5.40. The van der Waals surface area contributed by atoms with Crippen LogP contribution in [0.3, 0.4) is 0 Å². The van der Waals surface area contributed by atoms with Crippen LogP contribution in [0.1, 0.15) is 0 Å². The monoisotopic (exact) mass is 248 g/mol. The number of nitrogens with one attached hydrogen (secondary N) is 1. The largest absolute Gasteiger partial charge is 0.353 e. The number of aromatic nitrogens is 2. The van der Waals surface area contributed by atoms with Gasteiger partial charge in [0.05, 0.1) is 19.8 Å². The Morgan fingerprint density at radius 3 is 2.17 bits per heavy atom. The van der Waals surface area contributed by atoms with E-state index in [1.54, 1.807) is 18.5 Å². The van der Waals surface area contributed by atoms with Gasteiger partial charge in [0.25, 0.3) is 0 Å². The van der Waals surface area contributed by atoms with Crippen molar-refractivity contribution in [2.24, 2.45) is 0 Å². The highest BCUT2D eigenvalue weighted by molar-refractivity contribution is 5.83. The highest BCUT2D eigenvalue weighted by Gasteiger charge is 2.17. The van der Waals surface area contributed by atoms with E-state index in [-0.39, 0.29) is 11.5 Å². The molecule has 0 unspecified atom stereocenters. The third-order valence-electron chi connectivity index (χ3n) is 2.22. The number of aromatic amines is 1. The van der Waals surface area contributed by atoms with Gasteiger partial charge in [-0.05, 0) is 18.5 Å². The molecule has 0 aliphatic carbocycles. The molecule has 18 heavy (non-hydrogen) atoms. The summed E-state index contributed by atoms with van der Waals surface area (Å²) in [7, 11) is 0. The second-order valence-corrected chi connectivity index (χ2v) is 3.63. The molecule has 1 N–H and O–H groups in total. The molecule has 2 rings (SSSR count). The number of hydrogen-bond acceptors (Lipinski definition) is 5. The Morgan fingerprint density at radius 1 is 1.22 bits per heavy atom. The normalized spacial score (nSPS) is 14.6. The molecule has 0 bridgehead atoms. The molecule has 1 aliphatic rings. The van der Waals surface area contributed by atoms with Crippen molar-refractivity contribution in [2.75, 3.05) is 19.8 Å². The van der Waals surface area contributed by atoms with Crippen molar-refractivity contribution in [1.29, 1.82) is 0 Å². The van der Waals surface area contributed by atoms with Crippen molar-refractivity contribution in [1.82, 2.24) is 19.8 Å². The molecule has 1 aromatic heterocycles. The van der Waals surface area contributed by atoms with Crippen molar-refractivity contribution < 1.29 is 4.79 Å². The van der Waals surface area contributed by atoms with Gasteiger partial charge >= 0.3 is 5.69 Å². The van der Waals surface area contributed by atoms with E-state index in [2.05, 4.69) is 23.1 Å². The Morgan fingerprint density at radius 2 is 1.83 bits per heavy atom. The minimum Gasteiger partial charge on any atom is -0.353 e. The lowest BCUT2D eigenvalue weighted by Gasteiger charge is -2.32. The molecule has 96 valence electrons. The molecule has 1 aromatic rings. The van der Waals surface area contributed by atoms with Crippen LogP contribution in [-0.2, 0) is 4.79 Å². The first kappa shape index (κ1) is 13.7. The molecule has 0 amide bonds. The lowest BCUT2D eigenvalue weighted by Crippen LogP contribution is -2.45. The third kappa shape index (κ3) is 4.65. The number of Topliss-reactive ketones (excluding diaryl/α,β-unsaturated/α-hetero) is 1. The van der Waals surface area contributed by atoms with Gasteiger partial charge in [0.1, 0.15) is 0 Å². The van der Waals surface area contributed by atoms with Crippen LogP contribution in [0.15, 0.2) is 48.8 Å². The average molecular weight is 248 g/mol. The number of carbonyl (C=O) groups excluding carboxylic acids is 1. The fraction of sp³-hybridized carbons (Fsp3) is 0.250. The molecule has 6 nitrogen and oxygen atoms in total. The Kier molecular flexibility index (Phi) is 5.37. The van der Waals surface area contributed by atoms with Crippen molar-refractivity contribution >= 4 is 5.78 Å². The zero-order chi connectivity index (χ0) is 13.4. The summed E-state index contributed by atoms with van der Waals surface area (Å²) in [6, 6.07) is 1.65. The molecule has 1 aliphatic heterocycles. The summed E-state index contributed by atoms with van der Waals surface area (Å²) in [5.41, 5.74) is -0.303. The first-order chi connectivity index (χ1) is 8.65. The summed E-state index contributed by atoms with van der Waals surface area (Å²) >= 11 is 0. The summed E-state index contributed by atoms with van der Waals surface area (Å²) in [6.07, 6.45) is 6.33. The van der Waals surface area contributed by atoms with Crippen LogP contribution in [0.4, 0.5) is 0 Å². The summed E-state index contributed by atoms with van der Waals surface area (Å²) in [4.78, 5) is 30.6. The number of H-pyrrole nitrogens is 1. The number of nitrogens with zero attached hydrogens (tertiary/aromatic N) is 3. The third-order valence-corrected chi connectivity index (χ3v) is 2.22. The van der Waals surface area contributed by atoms with Crippen molar-refractivity contribution in [3.05, 3.63) is 54.5 Å². The second kappa shape index (κ2) is 7.05. The van der Waals surface area contributed by atoms with E-state index in [1.165, 1.54) is 12.4 Å². The first-order valence-electron chi connectivity index (χ1n) is 5.40. The van der Waals surface area contributed by atoms with E-state index >= 15 is 0 Å². The number of ketones is 1. The fourth-order valence-electron chi connectivity index (χ4n) is 1.39. The van der Waals surface area contributed by atoms with Gasteiger partial charge in [0.15, 0.2) is 5.78 Å². The Balaban J connectivity index is 0.000000199. The minimum absolute atomic E-state index is 0.205. The Bertz CT molecular complexity index is 434. The van der Waals surface area contributed by atoms with E-state index in [0.717, 1.165) is 6.67 Å². The molecule has 0 spiro atoms. The summed E-state index contributed by atoms with van der Waals surface area (Å²) in [5, 5.41) is 0. The van der Waals surface area contributed by atoms with Gasteiger partial charge in [-0.25, -0.2) is 9.78 Å². The van der Waals surface area contributed by atoms with Crippen molar-refractivity contribution in [2.45, 2.75) is 0 Å². The molecular formula is C12H16N4O2. The Labute approximate surface area is 105 Å². The highest BCUT2D eigenvalue weighted by Crippen LogP contribution is 2.02. The van der Waals surface area contributed by atoms with Gasteiger partial charge in [-0.2, -0.15) is 0 Å². The molecule has 0 radical (unpaired) electrons. The van der Waals surface area contributed by atoms with Crippen LogP contribution in [-0.4, -0.2) is 45.3 Å². The van der Waals surface area contributed by atoms with Crippen molar-refractivity contribution in [3.8, 4) is 0 Å². The average Bonchev–Trinajstić information content (AvgIpc) is 2.39. The number of carbonyl (C=O) groups is 1. The maximum atomic E-state index is 11.0. The molecule has 6 heteroatoms. The molecule has 0 aromatic carbocycles. The maximum absolute atomic E-state index is 11.0. The standard InChI is InChI=1S/C8H12N2O.C4H4N2O/c1-3-9-5-8(11)6-10(4-2)7-9;7-4-5-2-1-3-6-4/h3-4H,1-2,5-7H2;1-3H,(H,5,6,7). The van der Waals surface area contributed by atoms with Gasteiger partial charge in [-0.15, -0.1) is 0 Å². The SMILES string of the molecule is C=CN1CC(=O)CN(C=C)C1.O=c1nccc[nH]1. The predicted octanol–water partition coefficient (Wildman–Crippen LogP) is 0.187.